The summed E-state index contributed by atoms with van der Waals surface area (Å²) >= 11 is 8.13. The molecule has 0 saturated carbocycles. The predicted octanol–water partition coefficient (Wildman–Crippen LogP) is 4.22. The molecule has 12 heteroatoms. The molecule has 202 valence electrons. The lowest BCUT2D eigenvalue weighted by Crippen LogP contribution is -2.56. The average Bonchev–Trinajstić information content (AvgIpc) is 3.60. The number of likely N-dealkylation sites (tertiary alicyclic amines) is 1. The first kappa shape index (κ1) is 24.7. The summed E-state index contributed by atoms with van der Waals surface area (Å²) in [5.74, 6) is -0.168. The molecule has 0 spiro atoms. The summed E-state index contributed by atoms with van der Waals surface area (Å²) in [5, 5.41) is 4.02. The van der Waals surface area contributed by atoms with Gasteiger partial charge in [0, 0.05) is 35.1 Å². The number of carbonyl (C=O) groups is 1. The molecule has 0 aliphatic carbocycles. The van der Waals surface area contributed by atoms with Crippen LogP contribution < -0.4 is 20.7 Å². The highest BCUT2D eigenvalue weighted by Gasteiger charge is 2.43. The number of nitrogens with zero attached hydrogens (tertiary/aromatic N) is 5. The Bertz CT molecular complexity index is 1630. The van der Waals surface area contributed by atoms with E-state index in [4.69, 9.17) is 27.1 Å². The van der Waals surface area contributed by atoms with Crippen LogP contribution in [0, 0.1) is 5.82 Å². The van der Waals surface area contributed by atoms with Gasteiger partial charge in [0.2, 0.25) is 5.91 Å². The summed E-state index contributed by atoms with van der Waals surface area (Å²) in [7, 11) is 2.07. The molecule has 7 rings (SSSR count). The van der Waals surface area contributed by atoms with E-state index in [0.717, 1.165) is 30.5 Å². The maximum Gasteiger partial charge on any atom is 0.319 e. The van der Waals surface area contributed by atoms with E-state index in [9.17, 15) is 4.79 Å². The van der Waals surface area contributed by atoms with Crippen molar-refractivity contribution in [2.75, 3.05) is 37.4 Å². The minimum absolute atomic E-state index is 0.0489. The van der Waals surface area contributed by atoms with E-state index in [-0.39, 0.29) is 46.1 Å². The maximum atomic E-state index is 16.6. The number of nitrogens with one attached hydrogen (secondary N) is 1. The summed E-state index contributed by atoms with van der Waals surface area (Å²) in [6, 6.07) is 7.19. The molecule has 3 atom stereocenters. The Labute approximate surface area is 233 Å². The van der Waals surface area contributed by atoms with Gasteiger partial charge >= 0.3 is 6.01 Å². The van der Waals surface area contributed by atoms with Crippen molar-refractivity contribution in [1.82, 2.24) is 25.2 Å². The number of para-hydroxylation sites is 1. The molecule has 3 saturated heterocycles. The van der Waals surface area contributed by atoms with Crippen molar-refractivity contribution in [2.24, 2.45) is 0 Å². The number of hydrogen-bond donors (Lipinski definition) is 2. The number of benzene rings is 2. The van der Waals surface area contributed by atoms with Crippen LogP contribution in [0.1, 0.15) is 25.7 Å². The highest BCUT2D eigenvalue weighted by Crippen LogP contribution is 2.43. The molecule has 3 aliphatic rings. The van der Waals surface area contributed by atoms with Gasteiger partial charge in [0.1, 0.15) is 24.0 Å². The van der Waals surface area contributed by atoms with Crippen molar-refractivity contribution in [3.8, 4) is 17.1 Å². The number of nitrogens with two attached hydrogens (primary N) is 1. The SMILES string of the molecule is CN1CCC[C@H]1COc1nc(N2C3CCC2C(=O)NC3)c2cc(Cl)c(-c3cccc4sc(N)nc34)c(F)c2n1. The summed E-state index contributed by atoms with van der Waals surface area (Å²) in [4.78, 5) is 30.7. The lowest BCUT2D eigenvalue weighted by Gasteiger charge is -2.36. The van der Waals surface area contributed by atoms with Crippen LogP contribution in [0.4, 0.5) is 15.3 Å². The molecule has 39 heavy (non-hydrogen) atoms. The van der Waals surface area contributed by atoms with Crippen molar-refractivity contribution < 1.29 is 13.9 Å². The standard InChI is InChI=1S/C27H27ClFN7O2S/c1-35-9-3-4-14(35)12-38-27-33-23-16(24(34-27)36-13-7-8-18(36)25(37)31-11-13)10-17(28)20(21(23)29)15-5-2-6-19-22(15)32-26(30)39-19/h2,5-6,10,13-14,18H,3-4,7-9,11-12H2,1H3,(H2,30,32)(H,31,37)/t13?,14-,18?/m0/s1. The molecular formula is C27H27ClFN7O2S. The molecule has 2 unspecified atom stereocenters. The normalized spacial score (nSPS) is 23.2. The van der Waals surface area contributed by atoms with Crippen LogP contribution in [0.2, 0.25) is 5.02 Å². The topological polar surface area (TPSA) is 110 Å². The minimum atomic E-state index is -0.586. The molecule has 9 nitrogen and oxygen atoms in total. The van der Waals surface area contributed by atoms with Gasteiger partial charge in [-0.3, -0.25) is 4.79 Å². The fraction of sp³-hybridized carbons (Fsp3) is 0.407. The van der Waals surface area contributed by atoms with Crippen LogP contribution >= 0.6 is 22.9 Å². The molecule has 0 radical (unpaired) electrons. The first-order valence-electron chi connectivity index (χ1n) is 13.1. The number of halogens is 2. The zero-order valence-electron chi connectivity index (χ0n) is 21.3. The first-order chi connectivity index (χ1) is 18.9. The Kier molecular flexibility index (Phi) is 5.98. The number of thiazole rings is 1. The van der Waals surface area contributed by atoms with Gasteiger partial charge in [-0.15, -0.1) is 0 Å². The van der Waals surface area contributed by atoms with Crippen LogP contribution in [0.3, 0.4) is 0 Å². The summed E-state index contributed by atoms with van der Waals surface area (Å²) in [6.07, 6.45) is 3.65. The second-order valence-corrected chi connectivity index (χ2v) is 11.9. The van der Waals surface area contributed by atoms with Crippen LogP contribution in [-0.4, -0.2) is 70.6 Å². The predicted molar refractivity (Wildman–Crippen MR) is 151 cm³/mol. The number of hydrogen-bond acceptors (Lipinski definition) is 9. The molecule has 4 aromatic rings. The molecule has 1 amide bonds. The smallest absolute Gasteiger partial charge is 0.319 e. The number of likely N-dealkylation sites (N-methyl/N-ethyl adjacent to an activating group) is 1. The number of aromatic nitrogens is 3. The maximum absolute atomic E-state index is 16.6. The van der Waals surface area contributed by atoms with Crippen LogP contribution in [0.15, 0.2) is 24.3 Å². The monoisotopic (exact) mass is 567 g/mol. The van der Waals surface area contributed by atoms with Gasteiger partial charge in [-0.2, -0.15) is 9.97 Å². The van der Waals surface area contributed by atoms with Gasteiger partial charge in [-0.1, -0.05) is 35.1 Å². The van der Waals surface area contributed by atoms with Gasteiger partial charge in [0.05, 0.1) is 15.2 Å². The average molecular weight is 568 g/mol. The lowest BCUT2D eigenvalue weighted by molar-refractivity contribution is -0.122. The van der Waals surface area contributed by atoms with Crippen LogP contribution in [0.5, 0.6) is 6.01 Å². The molecule has 2 bridgehead atoms. The number of nitrogen functional groups attached to an aromatic ring is 1. The van der Waals surface area contributed by atoms with Gasteiger partial charge in [-0.25, -0.2) is 9.37 Å². The number of carbonyl (C=O) groups excluding carboxylic acids is 1. The Morgan fingerprint density at radius 3 is 2.92 bits per heavy atom. The zero-order valence-corrected chi connectivity index (χ0v) is 22.9. The van der Waals surface area contributed by atoms with E-state index in [0.29, 0.717) is 47.0 Å². The van der Waals surface area contributed by atoms with E-state index >= 15 is 4.39 Å². The second kappa shape index (κ2) is 9.42. The summed E-state index contributed by atoms with van der Waals surface area (Å²) in [5.41, 5.74) is 7.39. The largest absolute Gasteiger partial charge is 0.462 e. The van der Waals surface area contributed by atoms with Gasteiger partial charge in [0.25, 0.3) is 0 Å². The molecule has 2 aromatic heterocycles. The van der Waals surface area contributed by atoms with Gasteiger partial charge in [-0.05, 0) is 51.4 Å². The van der Waals surface area contributed by atoms with Crippen molar-refractivity contribution in [1.29, 1.82) is 0 Å². The highest BCUT2D eigenvalue weighted by atomic mass is 35.5. The van der Waals surface area contributed by atoms with Gasteiger partial charge < -0.3 is 25.6 Å². The summed E-state index contributed by atoms with van der Waals surface area (Å²) in [6.45, 7) is 1.91. The van der Waals surface area contributed by atoms with Crippen LogP contribution in [0.25, 0.3) is 32.2 Å². The van der Waals surface area contributed by atoms with Crippen LogP contribution in [-0.2, 0) is 4.79 Å². The third kappa shape index (κ3) is 4.06. The van der Waals surface area contributed by atoms with E-state index < -0.39 is 5.82 Å². The number of rotatable bonds is 5. The molecule has 3 fully saturated rings. The number of fused-ring (bicyclic) bond motifs is 4. The van der Waals surface area contributed by atoms with E-state index in [1.54, 1.807) is 12.1 Å². The Morgan fingerprint density at radius 1 is 1.23 bits per heavy atom. The van der Waals surface area contributed by atoms with Crippen molar-refractivity contribution in [2.45, 2.75) is 43.8 Å². The fourth-order valence-electron chi connectivity index (χ4n) is 6.19. The third-order valence-corrected chi connectivity index (χ3v) is 9.33. The minimum Gasteiger partial charge on any atom is -0.462 e. The highest BCUT2D eigenvalue weighted by molar-refractivity contribution is 7.22. The molecular weight excluding hydrogens is 541 g/mol. The number of piperazine rings is 1. The summed E-state index contributed by atoms with van der Waals surface area (Å²) < 4.78 is 23.5. The van der Waals surface area contributed by atoms with E-state index in [1.165, 1.54) is 11.3 Å². The van der Waals surface area contributed by atoms with Gasteiger partial charge in [0.15, 0.2) is 10.9 Å². The first-order valence-corrected chi connectivity index (χ1v) is 14.3. The molecule has 2 aromatic carbocycles. The van der Waals surface area contributed by atoms with Crippen molar-refractivity contribution in [3.63, 3.8) is 0 Å². The third-order valence-electron chi connectivity index (χ3n) is 8.19. The second-order valence-electron chi connectivity index (χ2n) is 10.5. The molecule has 3 aliphatic heterocycles. The lowest BCUT2D eigenvalue weighted by atomic mass is 10.0. The Morgan fingerprint density at radius 2 is 2.10 bits per heavy atom. The number of amides is 1. The van der Waals surface area contributed by atoms with E-state index in [2.05, 4.69) is 27.2 Å². The quantitative estimate of drug-likeness (QED) is 0.369. The van der Waals surface area contributed by atoms with Crippen molar-refractivity contribution >= 4 is 60.9 Å². The number of anilines is 2. The zero-order chi connectivity index (χ0) is 26.8. The Balaban J connectivity index is 1.41. The fourth-order valence-corrected chi connectivity index (χ4v) is 7.25. The molecule has 3 N–H and O–H groups in total. The Hall–Kier alpha value is -3.28. The number of ether oxygens (including phenoxy) is 1. The van der Waals surface area contributed by atoms with Crippen molar-refractivity contribution in [3.05, 3.63) is 35.1 Å². The molecule has 5 heterocycles. The van der Waals surface area contributed by atoms with E-state index in [1.807, 2.05) is 17.0 Å².